The lowest BCUT2D eigenvalue weighted by atomic mass is 9.76. The molecule has 0 bridgehead atoms. The first-order valence-corrected chi connectivity index (χ1v) is 16.4. The summed E-state index contributed by atoms with van der Waals surface area (Å²) in [5.74, 6) is 0.659. The van der Waals surface area contributed by atoms with Crippen molar-refractivity contribution in [2.45, 2.75) is 56.0 Å². The smallest absolute Gasteiger partial charge is 0.234 e. The molecule has 46 heavy (non-hydrogen) atoms. The van der Waals surface area contributed by atoms with Crippen LogP contribution < -0.4 is 15.0 Å². The molecular formula is C39H41N3O4. The molecule has 3 unspecified atom stereocenters. The number of piperidine rings is 2. The predicted octanol–water partition coefficient (Wildman–Crippen LogP) is 6.32. The predicted molar refractivity (Wildman–Crippen MR) is 179 cm³/mol. The van der Waals surface area contributed by atoms with E-state index in [1.807, 2.05) is 30.3 Å². The number of hydrogen-bond acceptors (Lipinski definition) is 6. The first-order chi connectivity index (χ1) is 22.4. The second-order valence-electron chi connectivity index (χ2n) is 13.0. The van der Waals surface area contributed by atoms with Crippen LogP contribution in [-0.2, 0) is 16.1 Å². The zero-order valence-corrected chi connectivity index (χ0v) is 26.3. The molecule has 3 aliphatic rings. The van der Waals surface area contributed by atoms with Gasteiger partial charge in [-0.1, -0.05) is 72.8 Å². The number of nitrogens with one attached hydrogen (secondary N) is 1. The molecule has 2 N–H and O–H groups in total. The summed E-state index contributed by atoms with van der Waals surface area (Å²) in [6, 6.07) is 33.7. The third-order valence-electron chi connectivity index (χ3n) is 10.2. The Balaban J connectivity index is 1.02. The molecule has 7 rings (SSSR count). The molecule has 2 saturated heterocycles. The fraction of sp³-hybridized carbons (Fsp3) is 0.333. The van der Waals surface area contributed by atoms with Crippen molar-refractivity contribution in [3.63, 3.8) is 0 Å². The first-order valence-electron chi connectivity index (χ1n) is 16.4. The van der Waals surface area contributed by atoms with Gasteiger partial charge >= 0.3 is 0 Å². The average molecular weight is 616 g/mol. The van der Waals surface area contributed by atoms with Gasteiger partial charge in [-0.25, -0.2) is 0 Å². The number of carbonyl (C=O) groups is 2. The van der Waals surface area contributed by atoms with Crippen LogP contribution in [0.5, 0.6) is 11.5 Å². The number of nitrogens with zero attached hydrogens (tertiary/aromatic N) is 2. The number of phenolic OH excluding ortho intramolecular Hbond substituents is 1. The molecule has 3 aliphatic heterocycles. The van der Waals surface area contributed by atoms with Gasteiger partial charge in [-0.3, -0.25) is 19.8 Å². The van der Waals surface area contributed by atoms with E-state index < -0.39 is 0 Å². The zero-order valence-electron chi connectivity index (χ0n) is 26.3. The number of benzene rings is 4. The minimum Gasteiger partial charge on any atom is -0.508 e. The molecule has 0 aromatic heterocycles. The molecular weight excluding hydrogens is 574 g/mol. The minimum absolute atomic E-state index is 0.128. The van der Waals surface area contributed by atoms with E-state index in [9.17, 15) is 14.7 Å². The normalized spacial score (nSPS) is 21.9. The van der Waals surface area contributed by atoms with Gasteiger partial charge in [-0.2, -0.15) is 0 Å². The summed E-state index contributed by atoms with van der Waals surface area (Å²) < 4.78 is 6.15. The summed E-state index contributed by atoms with van der Waals surface area (Å²) in [7, 11) is 2.19. The Morgan fingerprint density at radius 1 is 0.848 bits per heavy atom. The van der Waals surface area contributed by atoms with Gasteiger partial charge in [0.2, 0.25) is 11.8 Å². The Morgan fingerprint density at radius 3 is 2.35 bits per heavy atom. The summed E-state index contributed by atoms with van der Waals surface area (Å²) in [4.78, 5) is 29.2. The lowest BCUT2D eigenvalue weighted by molar-refractivity contribution is -0.134. The first kappa shape index (κ1) is 30.1. The Labute approximate surface area is 270 Å². The number of fused-ring (bicyclic) bond motifs is 1. The SMILES string of the molecule is CN(Cc1ccccc1C1CCC(=O)NC1=O)C1CCN(c2ccc(C3c4ccc(O)cc4OCC3c3ccccc3)cc2)CC1. The van der Waals surface area contributed by atoms with Crippen LogP contribution in [0.15, 0.2) is 97.1 Å². The summed E-state index contributed by atoms with van der Waals surface area (Å²) in [6.45, 7) is 3.30. The van der Waals surface area contributed by atoms with Crippen LogP contribution in [0, 0.1) is 0 Å². The van der Waals surface area contributed by atoms with E-state index in [0.29, 0.717) is 25.5 Å². The van der Waals surface area contributed by atoms with Crippen molar-refractivity contribution >= 4 is 17.5 Å². The molecule has 3 atom stereocenters. The Kier molecular flexibility index (Phi) is 8.50. The highest BCUT2D eigenvalue weighted by Crippen LogP contribution is 2.47. The summed E-state index contributed by atoms with van der Waals surface area (Å²) >= 11 is 0. The fourth-order valence-corrected chi connectivity index (χ4v) is 7.66. The fourth-order valence-electron chi connectivity index (χ4n) is 7.66. The molecule has 2 fully saturated rings. The number of amides is 2. The van der Waals surface area contributed by atoms with Crippen LogP contribution in [0.1, 0.15) is 71.3 Å². The maximum atomic E-state index is 12.6. The monoisotopic (exact) mass is 615 g/mol. The topological polar surface area (TPSA) is 82.1 Å². The number of carbonyl (C=O) groups excluding carboxylic acids is 2. The molecule has 0 aliphatic carbocycles. The number of imide groups is 1. The number of ether oxygens (including phenoxy) is 1. The molecule has 0 spiro atoms. The van der Waals surface area contributed by atoms with E-state index in [-0.39, 0.29) is 35.3 Å². The van der Waals surface area contributed by atoms with Crippen molar-refractivity contribution in [1.29, 1.82) is 0 Å². The van der Waals surface area contributed by atoms with Gasteiger partial charge in [0, 0.05) is 61.2 Å². The van der Waals surface area contributed by atoms with Gasteiger partial charge in [-0.05, 0) is 66.8 Å². The number of phenols is 1. The molecule has 3 heterocycles. The third-order valence-corrected chi connectivity index (χ3v) is 10.2. The van der Waals surface area contributed by atoms with Crippen LogP contribution >= 0.6 is 0 Å². The van der Waals surface area contributed by atoms with Crippen LogP contribution in [0.2, 0.25) is 0 Å². The molecule has 0 saturated carbocycles. The van der Waals surface area contributed by atoms with Crippen molar-refractivity contribution in [3.05, 3.63) is 125 Å². The Bertz CT molecular complexity index is 1700. The summed E-state index contributed by atoms with van der Waals surface area (Å²) in [5, 5.41) is 12.6. The maximum Gasteiger partial charge on any atom is 0.234 e. The maximum absolute atomic E-state index is 12.6. The molecule has 7 heteroatoms. The van der Waals surface area contributed by atoms with Gasteiger partial charge in [0.05, 0.1) is 12.5 Å². The van der Waals surface area contributed by atoms with Gasteiger partial charge in [0.15, 0.2) is 0 Å². The van der Waals surface area contributed by atoms with Crippen molar-refractivity contribution in [2.75, 3.05) is 31.6 Å². The van der Waals surface area contributed by atoms with Crippen molar-refractivity contribution < 1.29 is 19.4 Å². The van der Waals surface area contributed by atoms with Gasteiger partial charge in [0.1, 0.15) is 11.5 Å². The molecule has 236 valence electrons. The van der Waals surface area contributed by atoms with E-state index in [1.54, 1.807) is 12.1 Å². The number of hydrogen-bond donors (Lipinski definition) is 2. The molecule has 7 nitrogen and oxygen atoms in total. The van der Waals surface area contributed by atoms with Crippen molar-refractivity contribution in [2.24, 2.45) is 0 Å². The Hall–Kier alpha value is -4.62. The summed E-state index contributed by atoms with van der Waals surface area (Å²) in [5.41, 5.74) is 7.04. The lowest BCUT2D eigenvalue weighted by Crippen LogP contribution is -2.43. The van der Waals surface area contributed by atoms with Crippen LogP contribution in [0.3, 0.4) is 0 Å². The van der Waals surface area contributed by atoms with Gasteiger partial charge < -0.3 is 14.7 Å². The Morgan fingerprint density at radius 2 is 1.59 bits per heavy atom. The van der Waals surface area contributed by atoms with Crippen molar-refractivity contribution in [3.8, 4) is 11.5 Å². The lowest BCUT2D eigenvalue weighted by Gasteiger charge is -2.38. The van der Waals surface area contributed by atoms with E-state index >= 15 is 0 Å². The number of rotatable bonds is 7. The van der Waals surface area contributed by atoms with Gasteiger partial charge in [-0.15, -0.1) is 0 Å². The van der Waals surface area contributed by atoms with Crippen LogP contribution in [-0.4, -0.2) is 54.6 Å². The second kappa shape index (κ2) is 13.0. The quantitative estimate of drug-likeness (QED) is 0.237. The van der Waals surface area contributed by atoms with Crippen LogP contribution in [0.25, 0.3) is 0 Å². The minimum atomic E-state index is -0.267. The third kappa shape index (κ3) is 6.12. The molecule has 4 aromatic carbocycles. The summed E-state index contributed by atoms with van der Waals surface area (Å²) in [6.07, 6.45) is 3.08. The van der Waals surface area contributed by atoms with E-state index in [0.717, 1.165) is 54.9 Å². The van der Waals surface area contributed by atoms with E-state index in [1.165, 1.54) is 16.8 Å². The standard InChI is InChI=1S/C39H41N3O4/c1-41(24-28-9-5-6-10-32(28)33-17-18-37(44)40-39(33)45)29-19-21-42(22-20-29)30-13-11-27(12-14-30)38-34-16-15-31(43)23-36(34)46-25-35(38)26-7-3-2-4-8-26/h2-16,23,29,33,35,38,43H,17-22,24-25H2,1H3,(H,40,44,45). The largest absolute Gasteiger partial charge is 0.508 e. The molecule has 2 amide bonds. The highest BCUT2D eigenvalue weighted by Gasteiger charge is 2.34. The van der Waals surface area contributed by atoms with Crippen LogP contribution in [0.4, 0.5) is 5.69 Å². The zero-order chi connectivity index (χ0) is 31.6. The highest BCUT2D eigenvalue weighted by molar-refractivity contribution is 6.01. The molecule has 0 radical (unpaired) electrons. The van der Waals surface area contributed by atoms with E-state index in [2.05, 4.69) is 76.8 Å². The number of anilines is 1. The van der Waals surface area contributed by atoms with Crippen molar-refractivity contribution in [1.82, 2.24) is 10.2 Å². The van der Waals surface area contributed by atoms with E-state index in [4.69, 9.17) is 4.74 Å². The molecule has 4 aromatic rings. The second-order valence-corrected chi connectivity index (χ2v) is 13.0. The highest BCUT2D eigenvalue weighted by atomic mass is 16.5. The van der Waals surface area contributed by atoms with Gasteiger partial charge in [0.25, 0.3) is 0 Å². The number of aromatic hydroxyl groups is 1. The average Bonchev–Trinajstić information content (AvgIpc) is 3.09.